The van der Waals surface area contributed by atoms with Crippen molar-refractivity contribution in [2.24, 2.45) is 20.5 Å². The molecule has 0 atom stereocenters. The number of nitriles is 1. The second-order valence-corrected chi connectivity index (χ2v) is 17.7. The number of nitrogen functional groups attached to an aromatic ring is 1. The maximum Gasteiger partial charge on any atom is 0.296 e. The average molecular weight is 963 g/mol. The van der Waals surface area contributed by atoms with E-state index in [9.17, 15) is 39.5 Å². The largest absolute Gasteiger partial charge is 0.505 e. The molecule has 0 aliphatic heterocycles. The van der Waals surface area contributed by atoms with Crippen LogP contribution in [0.25, 0.3) is 10.8 Å². The zero-order chi connectivity index (χ0) is 44.5. The second-order valence-electron chi connectivity index (χ2n) is 11.2. The van der Waals surface area contributed by atoms with Crippen molar-refractivity contribution in [3.63, 3.8) is 0 Å². The van der Waals surface area contributed by atoms with E-state index in [0.717, 1.165) is 24.3 Å². The molecule has 0 radical (unpaired) electrons. The minimum Gasteiger partial charge on any atom is -0.505 e. The van der Waals surface area contributed by atoms with E-state index in [1.165, 1.54) is 30.3 Å². The van der Waals surface area contributed by atoms with E-state index in [1.54, 1.807) is 6.19 Å². The Morgan fingerprint density at radius 1 is 0.820 bits per heavy atom. The van der Waals surface area contributed by atoms with Crippen LogP contribution in [0.4, 0.5) is 45.9 Å². The molecule has 32 heteroatoms. The molecule has 1 aromatic heterocycles. The van der Waals surface area contributed by atoms with Crippen molar-refractivity contribution in [2.45, 2.75) is 19.6 Å². The van der Waals surface area contributed by atoms with Gasteiger partial charge >= 0.3 is 0 Å². The molecule has 26 nitrogen and oxygen atoms in total. The molecule has 0 spiro atoms. The van der Waals surface area contributed by atoms with Crippen LogP contribution in [-0.4, -0.2) is 72.3 Å². The van der Waals surface area contributed by atoms with Crippen molar-refractivity contribution in [1.29, 1.82) is 5.26 Å². The van der Waals surface area contributed by atoms with E-state index < -0.39 is 79.9 Å². The Kier molecular flexibility index (Phi) is 15.3. The van der Waals surface area contributed by atoms with Crippen molar-refractivity contribution in [2.75, 3.05) is 28.7 Å². The van der Waals surface area contributed by atoms with Gasteiger partial charge in [-0.15, -0.1) is 29.1 Å². The van der Waals surface area contributed by atoms with Gasteiger partial charge in [0, 0.05) is 22.5 Å². The highest BCUT2D eigenvalue weighted by atomic mass is 35.5. The second kappa shape index (κ2) is 20.0. The smallest absolute Gasteiger partial charge is 0.296 e. The van der Waals surface area contributed by atoms with E-state index in [-0.39, 0.29) is 74.0 Å². The number of sulfone groups is 1. The molecule has 0 unspecified atom stereocenters. The summed E-state index contributed by atoms with van der Waals surface area (Å²) in [6.45, 7) is -0.507. The van der Waals surface area contributed by atoms with Gasteiger partial charge in [0.05, 0.1) is 39.9 Å². The van der Waals surface area contributed by atoms with Crippen LogP contribution in [0.1, 0.15) is 0 Å². The number of anilines is 4. The van der Waals surface area contributed by atoms with Crippen LogP contribution in [-0.2, 0) is 53.0 Å². The average Bonchev–Trinajstić information content (AvgIpc) is 3.18. The Morgan fingerprint density at radius 2 is 1.52 bits per heavy atom. The van der Waals surface area contributed by atoms with Gasteiger partial charge in [-0.25, -0.2) is 23.9 Å². The molecule has 61 heavy (non-hydrogen) atoms. The molecular formula is C29H23ClN10O16S5. The fraction of sp³-hybridized carbons (Fsp3) is 0.0690. The molecule has 5 aromatic rings. The van der Waals surface area contributed by atoms with Crippen LogP contribution in [0.2, 0.25) is 5.15 Å². The van der Waals surface area contributed by atoms with Gasteiger partial charge in [-0.3, -0.25) is 18.6 Å². The number of fused-ring (bicyclic) bond motifs is 1. The fourth-order valence-corrected chi connectivity index (χ4v) is 8.31. The molecular weight excluding hydrogens is 940 g/mol. The number of hydrogen-bond donors (Lipinski definition) is 8. The first-order chi connectivity index (χ1) is 28.9. The van der Waals surface area contributed by atoms with Gasteiger partial charge in [-0.2, -0.15) is 27.1 Å². The molecule has 322 valence electrons. The quantitative estimate of drug-likeness (QED) is 0.00406. The number of halogens is 1. The predicted octanol–water partition coefficient (Wildman–Crippen LogP) is 6.73. The summed E-state index contributed by atoms with van der Waals surface area (Å²) in [5.74, 6) is -1.53. The summed E-state index contributed by atoms with van der Waals surface area (Å²) in [6.07, 6.45) is 1.63. The van der Waals surface area contributed by atoms with Crippen molar-refractivity contribution in [3.8, 4) is 11.9 Å². The number of azo groups is 2. The van der Waals surface area contributed by atoms with Crippen LogP contribution in [0.3, 0.4) is 0 Å². The van der Waals surface area contributed by atoms with Crippen molar-refractivity contribution >= 4 is 123 Å². The summed E-state index contributed by atoms with van der Waals surface area (Å²) >= 11 is 6.35. The van der Waals surface area contributed by atoms with E-state index in [4.69, 9.17) is 37.3 Å². The molecule has 0 aliphatic carbocycles. The summed E-state index contributed by atoms with van der Waals surface area (Å²) in [7, 11) is -14.3. The first-order valence-electron chi connectivity index (χ1n) is 15.6. The number of rotatable bonds is 19. The summed E-state index contributed by atoms with van der Waals surface area (Å²) in [5, 5.41) is 65.0. The lowest BCUT2D eigenvalue weighted by Gasteiger charge is -2.12. The maximum atomic E-state index is 12.8. The third-order valence-electron chi connectivity index (χ3n) is 7.39. The molecule has 0 saturated carbocycles. The van der Waals surface area contributed by atoms with Crippen LogP contribution in [0.15, 0.2) is 101 Å². The van der Waals surface area contributed by atoms with Crippen LogP contribution >= 0.6 is 36.0 Å². The van der Waals surface area contributed by atoms with Gasteiger partial charge in [0.25, 0.3) is 20.2 Å². The molecule has 5 rings (SSSR count). The van der Waals surface area contributed by atoms with Crippen molar-refractivity contribution in [3.05, 3.63) is 65.8 Å². The predicted molar refractivity (Wildman–Crippen MR) is 212 cm³/mol. The standard InChI is InChI=1S/C29H23ClN10O16S5/c30-24-12-25(36-29(35-24)33-13-31)34-14-1-6-22(60(46,47)48)20(9-14)38-40-27-21(57-55-53-42)11-17-16(28(27)41)3-4-18(32)26(17)39-37-19-5-2-15(10-23(19)61(49,50)51)59(44,45)8-7-52-58-56-54-43/h1-6,9-12,41-43H,7-8,32H2,(H,46,47,48)(H,49,50,51)(H2,33,34,35,36)/b39-37+,40-38+. The topological polar surface area (TPSA) is 399 Å². The van der Waals surface area contributed by atoms with Gasteiger partial charge < -0.3 is 16.2 Å². The van der Waals surface area contributed by atoms with Crippen LogP contribution < -0.4 is 16.4 Å². The number of aromatic hydroxyl groups is 1. The van der Waals surface area contributed by atoms with E-state index >= 15 is 0 Å². The normalized spacial score (nSPS) is 12.3. The molecule has 0 amide bonds. The molecule has 9 N–H and O–H groups in total. The lowest BCUT2D eigenvalue weighted by molar-refractivity contribution is -0.434. The first kappa shape index (κ1) is 46.7. The Labute approximate surface area is 355 Å². The first-order valence-corrected chi connectivity index (χ1v) is 21.9. The molecule has 0 saturated heterocycles. The van der Waals surface area contributed by atoms with Crippen molar-refractivity contribution < 1.29 is 72.9 Å². The fourth-order valence-electron chi connectivity index (χ4n) is 4.88. The Morgan fingerprint density at radius 3 is 2.21 bits per heavy atom. The number of nitrogens with two attached hydrogens (primary N) is 1. The third-order valence-corrected chi connectivity index (χ3v) is 12.0. The molecule has 0 bridgehead atoms. The molecule has 4 aromatic carbocycles. The molecule has 1 heterocycles. The van der Waals surface area contributed by atoms with Gasteiger partial charge in [-0.1, -0.05) is 21.7 Å². The monoisotopic (exact) mass is 962 g/mol. The third kappa shape index (κ3) is 11.9. The highest BCUT2D eigenvalue weighted by molar-refractivity contribution is 7.94. The zero-order valence-corrected chi connectivity index (χ0v) is 34.4. The van der Waals surface area contributed by atoms with Crippen LogP contribution in [0, 0.1) is 11.5 Å². The van der Waals surface area contributed by atoms with Gasteiger partial charge in [0.15, 0.2) is 34.1 Å². The van der Waals surface area contributed by atoms with Gasteiger partial charge in [0.1, 0.15) is 43.5 Å². The Balaban J connectivity index is 1.57. The number of nitrogens with zero attached hydrogens (tertiary/aromatic N) is 7. The lowest BCUT2D eigenvalue weighted by atomic mass is 10.1. The van der Waals surface area contributed by atoms with E-state index in [1.807, 2.05) is 0 Å². The number of aromatic nitrogens is 2. The lowest BCUT2D eigenvalue weighted by Crippen LogP contribution is -2.12. The number of nitrogens with one attached hydrogen (secondary N) is 2. The number of benzene rings is 4. The zero-order valence-electron chi connectivity index (χ0n) is 29.5. The molecule has 0 fully saturated rings. The van der Waals surface area contributed by atoms with Gasteiger partial charge in [0.2, 0.25) is 5.95 Å². The number of phenols is 1. The SMILES string of the molecule is N#CNc1nc(Cl)cc(Nc2ccc(S(=O)(=O)O)c(/N=N/c3c(SOOO)cc4c(/N=N/c5ccc(S(=O)(=O)CCOSOOO)cc5S(=O)(=O)O)c(N)ccc4c3O)c2)n1. The van der Waals surface area contributed by atoms with Crippen LogP contribution in [0.5, 0.6) is 5.75 Å². The minimum absolute atomic E-state index is 0.0381. The van der Waals surface area contributed by atoms with Crippen molar-refractivity contribution in [1.82, 2.24) is 9.97 Å². The minimum atomic E-state index is -5.15. The number of phenolic OH excluding ortho intramolecular Hbond substituents is 1. The number of hydrogen-bond acceptors (Lipinski definition) is 26. The maximum absolute atomic E-state index is 12.8. The highest BCUT2D eigenvalue weighted by Gasteiger charge is 2.24. The Bertz CT molecular complexity index is 2920. The summed E-state index contributed by atoms with van der Waals surface area (Å²) in [5.41, 5.74) is 4.42. The highest BCUT2D eigenvalue weighted by Crippen LogP contribution is 2.48. The van der Waals surface area contributed by atoms with Gasteiger partial charge in [-0.05, 0) is 54.6 Å². The summed E-state index contributed by atoms with van der Waals surface area (Å²) in [6, 6.07) is 10.8. The Hall–Kier alpha value is -5.41. The van der Waals surface area contributed by atoms with E-state index in [0.29, 0.717) is 6.07 Å². The summed E-state index contributed by atoms with van der Waals surface area (Å²) < 4.78 is 108. The van der Waals surface area contributed by atoms with E-state index in [2.05, 4.69) is 59.8 Å². The summed E-state index contributed by atoms with van der Waals surface area (Å²) in [4.78, 5) is 5.35. The molecule has 0 aliphatic rings.